The Hall–Kier alpha value is -3.02. The van der Waals surface area contributed by atoms with Gasteiger partial charge in [0.05, 0.1) is 27.9 Å². The maximum atomic E-state index is 12.9. The van der Waals surface area contributed by atoms with Gasteiger partial charge in [0.1, 0.15) is 11.5 Å². The number of rotatable bonds is 6. The molecule has 0 aliphatic carbocycles. The highest BCUT2D eigenvalue weighted by molar-refractivity contribution is 7.81. The van der Waals surface area contributed by atoms with E-state index in [1.807, 2.05) is 27.7 Å². The Labute approximate surface area is 219 Å². The van der Waals surface area contributed by atoms with Crippen molar-refractivity contribution in [3.63, 3.8) is 0 Å². The number of aromatic nitrogens is 3. The summed E-state index contributed by atoms with van der Waals surface area (Å²) in [5.41, 5.74) is 4.63. The van der Waals surface area contributed by atoms with Crippen molar-refractivity contribution in [3.05, 3.63) is 70.9 Å². The first-order valence-electron chi connectivity index (χ1n) is 11.8. The first-order chi connectivity index (χ1) is 17.7. The van der Waals surface area contributed by atoms with Crippen LogP contribution in [-0.4, -0.2) is 49.3 Å². The van der Waals surface area contributed by atoms with Crippen LogP contribution in [-0.2, 0) is 23.6 Å². The molecule has 0 N–H and O–H groups in total. The van der Waals surface area contributed by atoms with Gasteiger partial charge in [-0.3, -0.25) is 4.40 Å². The van der Waals surface area contributed by atoms with E-state index >= 15 is 0 Å². The molecule has 4 heterocycles. The molecule has 1 aromatic carbocycles. The molecule has 6 nitrogen and oxygen atoms in total. The van der Waals surface area contributed by atoms with Gasteiger partial charge in [0, 0.05) is 43.5 Å². The largest absolute Gasteiger partial charge is 0.416 e. The van der Waals surface area contributed by atoms with Crippen LogP contribution in [0.5, 0.6) is 0 Å². The summed E-state index contributed by atoms with van der Waals surface area (Å²) in [4.78, 5) is 11.5. The highest BCUT2D eigenvalue weighted by Crippen LogP contribution is 2.36. The Morgan fingerprint density at radius 1 is 1.11 bits per heavy atom. The van der Waals surface area contributed by atoms with Crippen LogP contribution in [0.2, 0.25) is 0 Å². The Bertz CT molecular complexity index is 1490. The zero-order valence-electron chi connectivity index (χ0n) is 20.6. The van der Waals surface area contributed by atoms with Gasteiger partial charge in [-0.1, -0.05) is 25.1 Å². The lowest BCUT2D eigenvalue weighted by Crippen LogP contribution is -2.29. The number of halogens is 3. The van der Waals surface area contributed by atoms with Gasteiger partial charge in [-0.25, -0.2) is 18.5 Å². The second kappa shape index (κ2) is 10.0. The van der Waals surface area contributed by atoms with E-state index in [0.29, 0.717) is 17.8 Å². The lowest BCUT2D eigenvalue weighted by Gasteiger charge is -2.24. The Balaban J connectivity index is 1.47. The summed E-state index contributed by atoms with van der Waals surface area (Å²) in [5.74, 6) is 0.903. The number of hydrogen-bond donors (Lipinski definition) is 0. The minimum absolute atomic E-state index is 0.623. The van der Waals surface area contributed by atoms with Crippen LogP contribution in [0, 0.1) is 0 Å². The Morgan fingerprint density at radius 2 is 1.84 bits per heavy atom. The van der Waals surface area contributed by atoms with Gasteiger partial charge in [0.2, 0.25) is 0 Å². The number of nitrogens with zero attached hydrogens (tertiary/aromatic N) is 5. The Morgan fingerprint density at radius 3 is 2.46 bits per heavy atom. The van der Waals surface area contributed by atoms with E-state index in [1.165, 1.54) is 29.0 Å². The number of imidazole rings is 1. The van der Waals surface area contributed by atoms with Gasteiger partial charge in [-0.15, -0.1) is 11.3 Å². The first-order valence-corrected chi connectivity index (χ1v) is 14.2. The molecular formula is C26H26F3N5OS2. The molecule has 0 saturated carbocycles. The molecule has 1 aliphatic rings. The summed E-state index contributed by atoms with van der Waals surface area (Å²) in [6.45, 7) is 3.45. The van der Waals surface area contributed by atoms with Crippen LogP contribution in [0.4, 0.5) is 24.1 Å². The van der Waals surface area contributed by atoms with Crippen LogP contribution < -0.4 is 4.90 Å². The van der Waals surface area contributed by atoms with E-state index in [2.05, 4.69) is 29.7 Å². The molecule has 194 valence electrons. The van der Waals surface area contributed by atoms with Gasteiger partial charge in [0.25, 0.3) is 0 Å². The fourth-order valence-corrected chi connectivity index (χ4v) is 5.92. The maximum Gasteiger partial charge on any atom is 0.416 e. The summed E-state index contributed by atoms with van der Waals surface area (Å²) >= 11 is 1.43. The average molecular weight is 546 g/mol. The third kappa shape index (κ3) is 5.07. The second-order valence-electron chi connectivity index (χ2n) is 8.82. The summed E-state index contributed by atoms with van der Waals surface area (Å²) in [5, 5.41) is 2.57. The lowest BCUT2D eigenvalue weighted by molar-refractivity contribution is -0.137. The van der Waals surface area contributed by atoms with Crippen molar-refractivity contribution in [3.8, 4) is 11.3 Å². The fraction of sp³-hybridized carbons (Fsp3) is 0.308. The van der Waals surface area contributed by atoms with Crippen LogP contribution >= 0.6 is 11.3 Å². The summed E-state index contributed by atoms with van der Waals surface area (Å²) in [6.07, 6.45) is 3.09. The van der Waals surface area contributed by atoms with E-state index in [4.69, 9.17) is 9.97 Å². The molecular weight excluding hydrogens is 519 g/mol. The predicted octanol–water partition coefficient (Wildman–Crippen LogP) is 6.19. The van der Waals surface area contributed by atoms with Gasteiger partial charge >= 0.3 is 6.18 Å². The van der Waals surface area contributed by atoms with E-state index in [-0.39, 0.29) is 0 Å². The number of fused-ring (bicyclic) bond motifs is 1. The van der Waals surface area contributed by atoms with E-state index in [9.17, 15) is 17.4 Å². The Kier molecular flexibility index (Phi) is 6.95. The molecule has 0 bridgehead atoms. The molecule has 4 aromatic rings. The van der Waals surface area contributed by atoms with Gasteiger partial charge in [-0.05, 0) is 48.2 Å². The smallest absolute Gasteiger partial charge is 0.305 e. The minimum Gasteiger partial charge on any atom is -0.305 e. The van der Waals surface area contributed by atoms with Crippen molar-refractivity contribution in [2.24, 2.45) is 0 Å². The number of aryl methyl sites for hydroxylation is 1. The van der Waals surface area contributed by atoms with Crippen molar-refractivity contribution >= 4 is 44.5 Å². The van der Waals surface area contributed by atoms with Crippen molar-refractivity contribution in [2.45, 2.75) is 25.9 Å². The normalized spacial score (nSPS) is 15.7. The predicted molar refractivity (Wildman–Crippen MR) is 143 cm³/mol. The molecule has 1 aliphatic heterocycles. The lowest BCUT2D eigenvalue weighted by atomic mass is 10.0. The minimum atomic E-state index is -4.37. The van der Waals surface area contributed by atoms with Crippen molar-refractivity contribution in [2.75, 3.05) is 31.3 Å². The topological polar surface area (TPSA) is 53.7 Å². The van der Waals surface area contributed by atoms with Gasteiger partial charge in [-0.2, -0.15) is 13.2 Å². The molecule has 1 atom stereocenters. The van der Waals surface area contributed by atoms with Crippen LogP contribution in [0.1, 0.15) is 30.2 Å². The van der Waals surface area contributed by atoms with Gasteiger partial charge in [0.15, 0.2) is 5.13 Å². The highest BCUT2D eigenvalue weighted by atomic mass is 32.2. The van der Waals surface area contributed by atoms with Crippen molar-refractivity contribution in [1.29, 1.82) is 0 Å². The fourth-order valence-electron chi connectivity index (χ4n) is 4.48. The number of hydrogen-bond acceptors (Lipinski definition) is 5. The molecule has 1 unspecified atom stereocenters. The zero-order valence-corrected chi connectivity index (χ0v) is 22.3. The summed E-state index contributed by atoms with van der Waals surface area (Å²) in [6, 6.07) is 9.14. The van der Waals surface area contributed by atoms with Crippen LogP contribution in [0.25, 0.3) is 22.5 Å². The highest BCUT2D eigenvalue weighted by Gasteiger charge is 2.30. The van der Waals surface area contributed by atoms with Crippen molar-refractivity contribution < 1.29 is 17.4 Å². The third-order valence-corrected chi connectivity index (χ3v) is 8.48. The summed E-state index contributed by atoms with van der Waals surface area (Å²) in [7, 11) is 0.949. The average Bonchev–Trinajstić information content (AvgIpc) is 3.53. The number of thiazole rings is 1. The molecule has 37 heavy (non-hydrogen) atoms. The molecule has 11 heteroatoms. The van der Waals surface area contributed by atoms with Crippen molar-refractivity contribution in [1.82, 2.24) is 18.7 Å². The SMILES string of the molecule is CCc1nc2ccc(C3=CCN(S(C)=O)CC3)cn2c1N(C)c1nc(-c2ccc(C(F)(F)F)cc2)cs1. The monoisotopic (exact) mass is 545 g/mol. The van der Waals surface area contributed by atoms with Crippen LogP contribution in [0.3, 0.4) is 0 Å². The van der Waals surface area contributed by atoms with Gasteiger partial charge < -0.3 is 4.90 Å². The summed E-state index contributed by atoms with van der Waals surface area (Å²) < 4.78 is 54.6. The first kappa shape index (κ1) is 25.6. The molecule has 0 spiro atoms. The second-order valence-corrected chi connectivity index (χ2v) is 11.0. The maximum absolute atomic E-state index is 12.9. The standard InChI is InChI=1S/C26H26F3N5OS2/c1-4-21-24(32(2)25-31-22(16-36-25)18-5-8-20(9-6-18)26(27,28)29)34-15-19(7-10-23(34)30-21)17-11-13-33(14-12-17)37(3)35/h5-11,15-16H,4,12-14H2,1-3H3. The number of alkyl halides is 3. The van der Waals surface area contributed by atoms with E-state index in [0.717, 1.165) is 59.4 Å². The molecule has 0 saturated heterocycles. The number of pyridine rings is 1. The third-order valence-electron chi connectivity index (χ3n) is 6.51. The van der Waals surface area contributed by atoms with E-state index < -0.39 is 22.7 Å². The zero-order chi connectivity index (χ0) is 26.3. The quantitative estimate of drug-likeness (QED) is 0.290. The molecule has 3 aromatic heterocycles. The van der Waals surface area contributed by atoms with E-state index in [1.54, 1.807) is 6.26 Å². The number of benzene rings is 1. The molecule has 0 amide bonds. The molecule has 0 radical (unpaired) electrons. The number of anilines is 2. The molecule has 0 fully saturated rings. The molecule has 5 rings (SSSR count). The van der Waals surface area contributed by atoms with Crippen LogP contribution in [0.15, 0.2) is 54.1 Å².